The van der Waals surface area contributed by atoms with Gasteiger partial charge in [-0.05, 0) is 34.4 Å². The maximum absolute atomic E-state index is 14.0. The molecule has 3 nitrogen and oxygen atoms in total. The zero-order valence-corrected chi connectivity index (χ0v) is 20.9. The average Bonchev–Trinajstić information content (AvgIpc) is 2.92. The molecule has 0 heterocycles. The minimum atomic E-state index is -4.80. The van der Waals surface area contributed by atoms with Crippen molar-refractivity contribution in [3.05, 3.63) is 143 Å². The summed E-state index contributed by atoms with van der Waals surface area (Å²) in [4.78, 5) is 12.3. The minimum absolute atomic E-state index is 0.193. The van der Waals surface area contributed by atoms with Gasteiger partial charge in [-0.3, -0.25) is 10.1 Å². The van der Waals surface area contributed by atoms with Crippen LogP contribution in [0, 0.1) is 5.82 Å². The molecule has 0 aliphatic carbocycles. The van der Waals surface area contributed by atoms with Crippen LogP contribution in [0.1, 0.15) is 28.3 Å². The number of nitrogens with one attached hydrogen (secondary N) is 1. The van der Waals surface area contributed by atoms with Crippen molar-refractivity contribution in [2.45, 2.75) is 23.0 Å². The average molecular weight is 540 g/mol. The zero-order valence-electron chi connectivity index (χ0n) is 20.1. The van der Waals surface area contributed by atoms with Crippen LogP contribution in [0.2, 0.25) is 0 Å². The summed E-state index contributed by atoms with van der Waals surface area (Å²) in [6.45, 7) is 0. The molecule has 2 N–H and O–H groups in total. The molecule has 2 unspecified atom stereocenters. The van der Waals surface area contributed by atoms with E-state index in [0.717, 1.165) is 41.0 Å². The third kappa shape index (κ3) is 6.09. The second kappa shape index (κ2) is 11.8. The fourth-order valence-electron chi connectivity index (χ4n) is 4.40. The monoisotopic (exact) mass is 539 g/mol. The highest BCUT2D eigenvalue weighted by Crippen LogP contribution is 2.48. The van der Waals surface area contributed by atoms with Crippen LogP contribution in [-0.2, 0) is 9.54 Å². The first-order valence-electron chi connectivity index (χ1n) is 11.8. The standard InChI is InChI=1S/C30H25F4NO2S/c31-25-18-16-21(17-19-25)27(30(32,33)34)35-26(28(36)37)20-38-29(22-10-4-1-5-11-22,23-12-6-2-7-13-23)24-14-8-3-9-15-24/h1-19,26-27,35H,20H2,(H,36,37). The molecule has 0 saturated carbocycles. The normalized spacial score (nSPS) is 13.6. The summed E-state index contributed by atoms with van der Waals surface area (Å²) < 4.78 is 54.6. The van der Waals surface area contributed by atoms with Crippen molar-refractivity contribution in [2.75, 3.05) is 5.75 Å². The van der Waals surface area contributed by atoms with Gasteiger partial charge in [0.25, 0.3) is 0 Å². The second-order valence-electron chi connectivity index (χ2n) is 8.67. The van der Waals surface area contributed by atoms with Crippen LogP contribution in [0.3, 0.4) is 0 Å². The van der Waals surface area contributed by atoms with E-state index in [9.17, 15) is 27.5 Å². The lowest BCUT2D eigenvalue weighted by molar-refractivity contribution is -0.162. The van der Waals surface area contributed by atoms with E-state index in [0.29, 0.717) is 0 Å². The SMILES string of the molecule is O=C(O)C(CSC(c1ccccc1)(c1ccccc1)c1ccccc1)NC(c1ccc(F)cc1)C(F)(F)F. The number of thioether (sulfide) groups is 1. The number of alkyl halides is 3. The summed E-state index contributed by atoms with van der Waals surface area (Å²) in [5.74, 6) is -2.29. The lowest BCUT2D eigenvalue weighted by Gasteiger charge is -2.36. The molecule has 196 valence electrons. The summed E-state index contributed by atoms with van der Waals surface area (Å²) in [6.07, 6.45) is -4.80. The molecule has 0 saturated heterocycles. The van der Waals surface area contributed by atoms with E-state index in [2.05, 4.69) is 5.32 Å². The van der Waals surface area contributed by atoms with Crippen LogP contribution in [0.25, 0.3) is 0 Å². The van der Waals surface area contributed by atoms with Gasteiger partial charge in [0.05, 0.1) is 4.75 Å². The molecule has 4 aromatic rings. The van der Waals surface area contributed by atoms with Crippen molar-refractivity contribution >= 4 is 17.7 Å². The fraction of sp³-hybridized carbons (Fsp3) is 0.167. The molecule has 4 aromatic carbocycles. The quantitative estimate of drug-likeness (QED) is 0.165. The molecule has 38 heavy (non-hydrogen) atoms. The number of carboxylic acid groups (broad SMARTS) is 1. The molecule has 4 rings (SSSR count). The Kier molecular flexibility index (Phi) is 8.54. The van der Waals surface area contributed by atoms with E-state index in [1.165, 1.54) is 11.8 Å². The van der Waals surface area contributed by atoms with Gasteiger partial charge in [-0.25, -0.2) is 4.39 Å². The maximum Gasteiger partial charge on any atom is 0.407 e. The van der Waals surface area contributed by atoms with Crippen molar-refractivity contribution in [1.29, 1.82) is 0 Å². The van der Waals surface area contributed by atoms with Crippen LogP contribution in [0.4, 0.5) is 17.6 Å². The van der Waals surface area contributed by atoms with E-state index in [4.69, 9.17) is 0 Å². The Balaban J connectivity index is 1.75. The van der Waals surface area contributed by atoms with E-state index >= 15 is 0 Å². The number of carbonyl (C=O) groups is 1. The predicted octanol–water partition coefficient (Wildman–Crippen LogP) is 7.20. The summed E-state index contributed by atoms with van der Waals surface area (Å²) in [5, 5.41) is 12.3. The Morgan fingerprint density at radius 1 is 0.737 bits per heavy atom. The van der Waals surface area contributed by atoms with E-state index < -0.39 is 34.8 Å². The number of hydrogen-bond acceptors (Lipinski definition) is 3. The van der Waals surface area contributed by atoms with Gasteiger partial charge in [0, 0.05) is 5.75 Å². The number of halogens is 4. The molecule has 0 amide bonds. The third-order valence-electron chi connectivity index (χ3n) is 6.20. The van der Waals surface area contributed by atoms with Gasteiger partial charge in [0.1, 0.15) is 17.9 Å². The van der Waals surface area contributed by atoms with Gasteiger partial charge in [0.15, 0.2) is 0 Å². The lowest BCUT2D eigenvalue weighted by atomic mass is 9.84. The molecule has 0 fully saturated rings. The largest absolute Gasteiger partial charge is 0.480 e. The number of rotatable bonds is 10. The van der Waals surface area contributed by atoms with E-state index in [-0.39, 0.29) is 11.3 Å². The highest BCUT2D eigenvalue weighted by Gasteiger charge is 2.44. The molecule has 0 aliphatic rings. The number of benzene rings is 4. The van der Waals surface area contributed by atoms with Gasteiger partial charge in [-0.2, -0.15) is 13.2 Å². The first kappa shape index (κ1) is 27.4. The van der Waals surface area contributed by atoms with Crippen molar-refractivity contribution in [1.82, 2.24) is 5.32 Å². The van der Waals surface area contributed by atoms with Crippen LogP contribution in [-0.4, -0.2) is 29.0 Å². The number of carboxylic acids is 1. The van der Waals surface area contributed by atoms with E-state index in [1.807, 2.05) is 91.0 Å². The molecule has 0 spiro atoms. The smallest absolute Gasteiger partial charge is 0.407 e. The molecular formula is C30H25F4NO2S. The molecule has 0 radical (unpaired) electrons. The fourth-order valence-corrected chi connectivity index (χ4v) is 5.97. The number of hydrogen-bond donors (Lipinski definition) is 2. The van der Waals surface area contributed by atoms with Crippen LogP contribution < -0.4 is 5.32 Å². The zero-order chi connectivity index (χ0) is 27.2. The first-order chi connectivity index (χ1) is 18.2. The van der Waals surface area contributed by atoms with Crippen molar-refractivity contribution in [3.8, 4) is 0 Å². The van der Waals surface area contributed by atoms with E-state index in [1.54, 1.807) is 0 Å². The predicted molar refractivity (Wildman–Crippen MR) is 141 cm³/mol. The van der Waals surface area contributed by atoms with Gasteiger partial charge in [-0.1, -0.05) is 103 Å². The van der Waals surface area contributed by atoms with Crippen molar-refractivity contribution in [3.63, 3.8) is 0 Å². The van der Waals surface area contributed by atoms with Crippen molar-refractivity contribution in [2.24, 2.45) is 0 Å². The first-order valence-corrected chi connectivity index (χ1v) is 12.8. The second-order valence-corrected chi connectivity index (χ2v) is 9.91. The highest BCUT2D eigenvalue weighted by molar-refractivity contribution is 8.00. The molecule has 0 bridgehead atoms. The third-order valence-corrected chi connectivity index (χ3v) is 7.84. The Hall–Kier alpha value is -3.62. The van der Waals surface area contributed by atoms with Crippen molar-refractivity contribution < 1.29 is 27.5 Å². The molecule has 0 aromatic heterocycles. The van der Waals surface area contributed by atoms with Crippen LogP contribution in [0.15, 0.2) is 115 Å². The van der Waals surface area contributed by atoms with Crippen LogP contribution >= 0.6 is 11.8 Å². The Morgan fingerprint density at radius 3 is 1.53 bits per heavy atom. The van der Waals surface area contributed by atoms with Gasteiger partial charge < -0.3 is 5.11 Å². The Morgan fingerprint density at radius 2 is 1.16 bits per heavy atom. The van der Waals surface area contributed by atoms with Crippen LogP contribution in [0.5, 0.6) is 0 Å². The Bertz CT molecular complexity index is 1220. The molecule has 0 aliphatic heterocycles. The van der Waals surface area contributed by atoms with Gasteiger partial charge in [0.2, 0.25) is 0 Å². The molecule has 2 atom stereocenters. The molecular weight excluding hydrogens is 514 g/mol. The van der Waals surface area contributed by atoms with Gasteiger partial charge >= 0.3 is 12.1 Å². The topological polar surface area (TPSA) is 49.3 Å². The molecule has 8 heteroatoms. The summed E-state index contributed by atoms with van der Waals surface area (Å²) in [5.41, 5.74) is 2.31. The van der Waals surface area contributed by atoms with Gasteiger partial charge in [-0.15, -0.1) is 11.8 Å². The number of aliphatic carboxylic acids is 1. The minimum Gasteiger partial charge on any atom is -0.480 e. The summed E-state index contributed by atoms with van der Waals surface area (Å²) >= 11 is 1.24. The summed E-state index contributed by atoms with van der Waals surface area (Å²) in [7, 11) is 0. The maximum atomic E-state index is 14.0. The lowest BCUT2D eigenvalue weighted by Crippen LogP contribution is -2.46. The highest BCUT2D eigenvalue weighted by atomic mass is 32.2. The summed E-state index contributed by atoms with van der Waals surface area (Å²) in [6, 6.07) is 28.4. The Labute approximate surface area is 222 Å².